The highest BCUT2D eigenvalue weighted by atomic mass is 32.2. The van der Waals surface area contributed by atoms with Crippen LogP contribution < -0.4 is 5.32 Å². The van der Waals surface area contributed by atoms with Gasteiger partial charge in [0.2, 0.25) is 0 Å². The number of pyridine rings is 1. The number of aromatic nitrogens is 3. The molecule has 0 atom stereocenters. The number of rotatable bonds is 3. The third-order valence-corrected chi connectivity index (χ3v) is 3.04. The Labute approximate surface area is 92.7 Å². The van der Waals surface area contributed by atoms with Gasteiger partial charge in [-0.2, -0.15) is 0 Å². The van der Waals surface area contributed by atoms with Crippen molar-refractivity contribution in [2.75, 3.05) is 12.4 Å². The van der Waals surface area contributed by atoms with Crippen LogP contribution >= 0.6 is 11.8 Å². The molecule has 0 unspecified atom stereocenters. The molecule has 2 heterocycles. The summed E-state index contributed by atoms with van der Waals surface area (Å²) >= 11 is 1.62. The van der Waals surface area contributed by atoms with Gasteiger partial charge in [-0.15, -0.1) is 0 Å². The first-order valence-electron chi connectivity index (χ1n) is 4.58. The van der Waals surface area contributed by atoms with Crippen molar-refractivity contribution in [1.29, 1.82) is 0 Å². The highest BCUT2D eigenvalue weighted by molar-refractivity contribution is 7.99. The summed E-state index contributed by atoms with van der Waals surface area (Å²) in [6.07, 6.45) is 5.52. The number of hydrogen-bond acceptors (Lipinski definition) is 4. The van der Waals surface area contributed by atoms with E-state index in [-0.39, 0.29) is 0 Å². The molecule has 0 aliphatic heterocycles. The van der Waals surface area contributed by atoms with Gasteiger partial charge in [-0.05, 0) is 12.1 Å². The van der Waals surface area contributed by atoms with E-state index in [2.05, 4.69) is 15.3 Å². The van der Waals surface area contributed by atoms with Gasteiger partial charge in [0.1, 0.15) is 5.82 Å². The van der Waals surface area contributed by atoms with E-state index in [1.165, 1.54) is 0 Å². The van der Waals surface area contributed by atoms with Crippen molar-refractivity contribution >= 4 is 17.6 Å². The van der Waals surface area contributed by atoms with Crippen LogP contribution in [0.25, 0.3) is 0 Å². The molecule has 0 amide bonds. The molecule has 0 saturated carbocycles. The van der Waals surface area contributed by atoms with Gasteiger partial charge in [0.15, 0.2) is 5.16 Å². The second-order valence-corrected chi connectivity index (χ2v) is 4.09. The molecule has 0 aliphatic rings. The van der Waals surface area contributed by atoms with Gasteiger partial charge < -0.3 is 9.88 Å². The molecule has 2 rings (SSSR count). The zero-order valence-corrected chi connectivity index (χ0v) is 9.45. The molecule has 1 N–H and O–H groups in total. The molecule has 0 aliphatic carbocycles. The van der Waals surface area contributed by atoms with Gasteiger partial charge in [-0.3, -0.25) is 0 Å². The third-order valence-electron chi connectivity index (χ3n) is 1.97. The minimum atomic E-state index is 0.870. The minimum Gasteiger partial charge on any atom is -0.373 e. The van der Waals surface area contributed by atoms with Crippen molar-refractivity contribution < 1.29 is 0 Å². The Bertz CT molecular complexity index is 452. The smallest absolute Gasteiger partial charge is 0.172 e. The minimum absolute atomic E-state index is 0.870. The Morgan fingerprint density at radius 3 is 2.87 bits per heavy atom. The van der Waals surface area contributed by atoms with Crippen molar-refractivity contribution in [2.45, 2.75) is 10.1 Å². The summed E-state index contributed by atoms with van der Waals surface area (Å²) in [5.74, 6) is 0.870. The van der Waals surface area contributed by atoms with Gasteiger partial charge in [-0.1, -0.05) is 11.8 Å². The summed E-state index contributed by atoms with van der Waals surface area (Å²) < 4.78 is 1.99. The molecule has 2 aromatic heterocycles. The van der Waals surface area contributed by atoms with Crippen LogP contribution in [0.1, 0.15) is 0 Å². The SMILES string of the molecule is CNc1cc(Sc2nccn2C)ccn1. The predicted octanol–water partition coefficient (Wildman–Crippen LogP) is 2.01. The number of imidazole rings is 1. The van der Waals surface area contributed by atoms with Crippen molar-refractivity contribution in [3.63, 3.8) is 0 Å². The largest absolute Gasteiger partial charge is 0.373 e. The zero-order chi connectivity index (χ0) is 10.7. The Hall–Kier alpha value is -1.49. The first kappa shape index (κ1) is 10.0. The number of hydrogen-bond donors (Lipinski definition) is 1. The average molecular weight is 220 g/mol. The maximum Gasteiger partial charge on any atom is 0.172 e. The molecule has 0 aromatic carbocycles. The number of aryl methyl sites for hydroxylation is 1. The average Bonchev–Trinajstić information content (AvgIpc) is 2.65. The molecule has 0 saturated heterocycles. The summed E-state index contributed by atoms with van der Waals surface area (Å²) in [7, 11) is 3.84. The lowest BCUT2D eigenvalue weighted by molar-refractivity contribution is 0.790. The van der Waals surface area contributed by atoms with Gasteiger partial charge in [-0.25, -0.2) is 9.97 Å². The third kappa shape index (κ3) is 2.30. The monoisotopic (exact) mass is 220 g/mol. The number of anilines is 1. The lowest BCUT2D eigenvalue weighted by Gasteiger charge is -2.03. The quantitative estimate of drug-likeness (QED) is 0.859. The lowest BCUT2D eigenvalue weighted by Crippen LogP contribution is -1.92. The lowest BCUT2D eigenvalue weighted by atomic mass is 10.5. The van der Waals surface area contributed by atoms with E-state index in [4.69, 9.17) is 0 Å². The van der Waals surface area contributed by atoms with Crippen molar-refractivity contribution in [2.24, 2.45) is 7.05 Å². The van der Waals surface area contributed by atoms with Gasteiger partial charge >= 0.3 is 0 Å². The van der Waals surface area contributed by atoms with Crippen LogP contribution in [0.4, 0.5) is 5.82 Å². The maximum absolute atomic E-state index is 4.25. The van der Waals surface area contributed by atoms with E-state index < -0.39 is 0 Å². The molecule has 78 valence electrons. The fraction of sp³-hybridized carbons (Fsp3) is 0.200. The second-order valence-electron chi connectivity index (χ2n) is 3.05. The molecule has 15 heavy (non-hydrogen) atoms. The summed E-state index contributed by atoms with van der Waals surface area (Å²) in [4.78, 5) is 9.54. The summed E-state index contributed by atoms with van der Waals surface area (Å²) in [6.45, 7) is 0. The van der Waals surface area contributed by atoms with Crippen LogP contribution in [0.2, 0.25) is 0 Å². The van der Waals surface area contributed by atoms with Crippen molar-refractivity contribution in [1.82, 2.24) is 14.5 Å². The van der Waals surface area contributed by atoms with Crippen LogP contribution in [0, 0.1) is 0 Å². The summed E-state index contributed by atoms with van der Waals surface area (Å²) in [6, 6.07) is 3.97. The first-order chi connectivity index (χ1) is 7.29. The summed E-state index contributed by atoms with van der Waals surface area (Å²) in [5, 5.41) is 3.99. The van der Waals surface area contributed by atoms with Crippen molar-refractivity contribution in [3.05, 3.63) is 30.7 Å². The molecule has 0 spiro atoms. The van der Waals surface area contributed by atoms with Crippen LogP contribution in [-0.2, 0) is 7.05 Å². The van der Waals surface area contributed by atoms with E-state index in [0.717, 1.165) is 15.9 Å². The fourth-order valence-electron chi connectivity index (χ4n) is 1.17. The molecule has 0 radical (unpaired) electrons. The Morgan fingerprint density at radius 2 is 2.20 bits per heavy atom. The highest BCUT2D eigenvalue weighted by Crippen LogP contribution is 2.26. The zero-order valence-electron chi connectivity index (χ0n) is 8.64. The van der Waals surface area contributed by atoms with E-state index in [9.17, 15) is 0 Å². The maximum atomic E-state index is 4.25. The Morgan fingerprint density at radius 1 is 1.33 bits per heavy atom. The molecule has 0 bridgehead atoms. The summed E-state index contributed by atoms with van der Waals surface area (Å²) in [5.41, 5.74) is 0. The van der Waals surface area contributed by atoms with Crippen LogP contribution in [0.5, 0.6) is 0 Å². The van der Waals surface area contributed by atoms with Crippen molar-refractivity contribution in [3.8, 4) is 0 Å². The van der Waals surface area contributed by atoms with Crippen LogP contribution in [0.3, 0.4) is 0 Å². The highest BCUT2D eigenvalue weighted by Gasteiger charge is 2.02. The topological polar surface area (TPSA) is 42.7 Å². The molecular formula is C10H12N4S. The molecule has 5 heteroatoms. The van der Waals surface area contributed by atoms with E-state index >= 15 is 0 Å². The van der Waals surface area contributed by atoms with E-state index in [1.807, 2.05) is 37.0 Å². The number of nitrogens with one attached hydrogen (secondary N) is 1. The van der Waals surface area contributed by atoms with Gasteiger partial charge in [0, 0.05) is 37.6 Å². The second kappa shape index (κ2) is 4.35. The normalized spacial score (nSPS) is 10.3. The van der Waals surface area contributed by atoms with E-state index in [1.54, 1.807) is 24.2 Å². The molecule has 4 nitrogen and oxygen atoms in total. The Balaban J connectivity index is 2.21. The fourth-order valence-corrected chi connectivity index (χ4v) is 2.00. The van der Waals surface area contributed by atoms with Gasteiger partial charge in [0.05, 0.1) is 0 Å². The molecular weight excluding hydrogens is 208 g/mol. The molecule has 2 aromatic rings. The predicted molar refractivity (Wildman–Crippen MR) is 61.1 cm³/mol. The first-order valence-corrected chi connectivity index (χ1v) is 5.40. The van der Waals surface area contributed by atoms with Gasteiger partial charge in [0.25, 0.3) is 0 Å². The molecule has 0 fully saturated rings. The van der Waals surface area contributed by atoms with Crippen LogP contribution in [-0.4, -0.2) is 21.6 Å². The Kier molecular flexibility index (Phi) is 2.91. The number of nitrogens with zero attached hydrogens (tertiary/aromatic N) is 3. The standard InChI is InChI=1S/C10H12N4S/c1-11-9-7-8(3-4-12-9)15-10-13-5-6-14(10)2/h3-7H,1-2H3,(H,11,12). The van der Waals surface area contributed by atoms with Crippen LogP contribution in [0.15, 0.2) is 40.8 Å². The van der Waals surface area contributed by atoms with E-state index in [0.29, 0.717) is 0 Å².